The van der Waals surface area contributed by atoms with Crippen molar-refractivity contribution < 1.29 is 14.3 Å². The number of ether oxygens (including phenoxy) is 1. The number of amides is 1. The summed E-state index contributed by atoms with van der Waals surface area (Å²) in [5.74, 6) is 0.202. The first kappa shape index (κ1) is 19.3. The number of aryl methyl sites for hydroxylation is 1. The molecule has 0 unspecified atom stereocenters. The smallest absolute Gasteiger partial charge is 0.307 e. The van der Waals surface area contributed by atoms with Crippen molar-refractivity contribution in [2.75, 3.05) is 19.7 Å². The molecule has 2 aromatic heterocycles. The molecule has 7 heteroatoms. The summed E-state index contributed by atoms with van der Waals surface area (Å²) in [6, 6.07) is 1.98. The lowest BCUT2D eigenvalue weighted by Crippen LogP contribution is -2.35. The number of nitrogens with zero attached hydrogens (tertiary/aromatic N) is 4. The van der Waals surface area contributed by atoms with Gasteiger partial charge in [0.1, 0.15) is 0 Å². The first-order valence-electron chi connectivity index (χ1n) is 9.70. The Morgan fingerprint density at radius 1 is 1.37 bits per heavy atom. The third kappa shape index (κ3) is 4.46. The van der Waals surface area contributed by atoms with Gasteiger partial charge in [0, 0.05) is 24.8 Å². The minimum atomic E-state index is -0.269. The molecule has 1 saturated carbocycles. The number of rotatable bonds is 8. The van der Waals surface area contributed by atoms with Crippen molar-refractivity contribution in [3.8, 4) is 0 Å². The molecule has 146 valence electrons. The predicted octanol–water partition coefficient (Wildman–Crippen LogP) is 3.13. The Bertz CT molecular complexity index is 839. The third-order valence-corrected chi connectivity index (χ3v) is 4.77. The molecule has 2 heterocycles. The Kier molecular flexibility index (Phi) is 5.77. The SMILES string of the molecule is CCOC(=O)CCN(CC1CC1)C(=O)c1cc(C)nc2c1cnn2C(C)C. The van der Waals surface area contributed by atoms with Gasteiger partial charge in [0.05, 0.1) is 30.2 Å². The molecule has 1 aliphatic carbocycles. The Morgan fingerprint density at radius 3 is 2.74 bits per heavy atom. The maximum Gasteiger partial charge on any atom is 0.307 e. The van der Waals surface area contributed by atoms with Crippen LogP contribution in [0.3, 0.4) is 0 Å². The predicted molar refractivity (Wildman–Crippen MR) is 103 cm³/mol. The van der Waals surface area contributed by atoms with Gasteiger partial charge in [0.2, 0.25) is 0 Å². The van der Waals surface area contributed by atoms with Crippen LogP contribution in [0.1, 0.15) is 62.1 Å². The average Bonchev–Trinajstić information content (AvgIpc) is 3.33. The molecule has 0 bridgehead atoms. The van der Waals surface area contributed by atoms with Crippen molar-refractivity contribution in [3.05, 3.63) is 23.5 Å². The molecule has 0 N–H and O–H groups in total. The van der Waals surface area contributed by atoms with Gasteiger partial charge in [-0.25, -0.2) is 9.67 Å². The first-order valence-corrected chi connectivity index (χ1v) is 9.70. The normalized spacial score (nSPS) is 14.0. The van der Waals surface area contributed by atoms with E-state index in [9.17, 15) is 9.59 Å². The second kappa shape index (κ2) is 8.06. The Labute approximate surface area is 159 Å². The number of fused-ring (bicyclic) bond motifs is 1. The lowest BCUT2D eigenvalue weighted by Gasteiger charge is -2.23. The van der Waals surface area contributed by atoms with Crippen LogP contribution in [0.4, 0.5) is 0 Å². The fraction of sp³-hybridized carbons (Fsp3) is 0.600. The van der Waals surface area contributed by atoms with Gasteiger partial charge in [-0.2, -0.15) is 5.10 Å². The molecular weight excluding hydrogens is 344 g/mol. The lowest BCUT2D eigenvalue weighted by atomic mass is 10.1. The summed E-state index contributed by atoms with van der Waals surface area (Å²) in [5, 5.41) is 5.18. The molecule has 27 heavy (non-hydrogen) atoms. The van der Waals surface area contributed by atoms with Crippen LogP contribution in [0.15, 0.2) is 12.3 Å². The Hall–Kier alpha value is -2.44. The second-order valence-electron chi connectivity index (χ2n) is 7.48. The highest BCUT2D eigenvalue weighted by Gasteiger charge is 2.29. The topological polar surface area (TPSA) is 77.3 Å². The minimum absolute atomic E-state index is 0.0648. The standard InChI is InChI=1S/C20H28N4O3/c1-5-27-18(25)8-9-23(12-15-6-7-15)20(26)16-10-14(4)22-19-17(16)11-21-24(19)13(2)3/h10-11,13,15H,5-9,12H2,1-4H3. The van der Waals surface area contributed by atoms with Gasteiger partial charge < -0.3 is 9.64 Å². The van der Waals surface area contributed by atoms with Crippen LogP contribution in [-0.2, 0) is 9.53 Å². The molecule has 1 aliphatic rings. The molecule has 3 rings (SSSR count). The maximum absolute atomic E-state index is 13.3. The van der Waals surface area contributed by atoms with E-state index >= 15 is 0 Å². The molecule has 1 fully saturated rings. The van der Waals surface area contributed by atoms with Crippen LogP contribution in [-0.4, -0.2) is 51.2 Å². The highest BCUT2D eigenvalue weighted by molar-refractivity contribution is 6.05. The van der Waals surface area contributed by atoms with Gasteiger partial charge in [-0.3, -0.25) is 9.59 Å². The zero-order valence-electron chi connectivity index (χ0n) is 16.6. The van der Waals surface area contributed by atoms with Gasteiger partial charge in [-0.1, -0.05) is 0 Å². The summed E-state index contributed by atoms with van der Waals surface area (Å²) in [6.07, 6.45) is 4.21. The molecule has 0 radical (unpaired) electrons. The van der Waals surface area contributed by atoms with E-state index in [2.05, 4.69) is 10.1 Å². The number of carbonyl (C=O) groups excluding carboxylic acids is 2. The first-order chi connectivity index (χ1) is 12.9. The van der Waals surface area contributed by atoms with Crippen molar-refractivity contribution in [3.63, 3.8) is 0 Å². The van der Waals surface area contributed by atoms with Crippen LogP contribution in [0.25, 0.3) is 11.0 Å². The van der Waals surface area contributed by atoms with Crippen LogP contribution < -0.4 is 0 Å². The zero-order valence-corrected chi connectivity index (χ0v) is 16.6. The third-order valence-electron chi connectivity index (χ3n) is 4.77. The molecular formula is C20H28N4O3. The van der Waals surface area contributed by atoms with Gasteiger partial charge in [-0.05, 0) is 52.5 Å². The van der Waals surface area contributed by atoms with Crippen molar-refractivity contribution in [1.29, 1.82) is 0 Å². The zero-order chi connectivity index (χ0) is 19.6. The number of aromatic nitrogens is 3. The van der Waals surface area contributed by atoms with E-state index in [1.54, 1.807) is 18.0 Å². The van der Waals surface area contributed by atoms with E-state index in [1.807, 2.05) is 31.5 Å². The second-order valence-corrected chi connectivity index (χ2v) is 7.48. The highest BCUT2D eigenvalue weighted by Crippen LogP contribution is 2.31. The Morgan fingerprint density at radius 2 is 2.11 bits per heavy atom. The van der Waals surface area contributed by atoms with Crippen LogP contribution in [0.2, 0.25) is 0 Å². The minimum Gasteiger partial charge on any atom is -0.466 e. The maximum atomic E-state index is 13.3. The van der Waals surface area contributed by atoms with Crippen molar-refractivity contribution in [2.45, 2.75) is 53.0 Å². The molecule has 0 aromatic carbocycles. The van der Waals surface area contributed by atoms with E-state index in [4.69, 9.17) is 4.74 Å². The molecule has 0 spiro atoms. The number of hydrogen-bond donors (Lipinski definition) is 0. The molecule has 0 saturated heterocycles. The fourth-order valence-electron chi connectivity index (χ4n) is 3.22. The number of carbonyl (C=O) groups is 2. The van der Waals surface area contributed by atoms with Gasteiger partial charge in [-0.15, -0.1) is 0 Å². The largest absolute Gasteiger partial charge is 0.466 e. The number of esters is 1. The summed E-state index contributed by atoms with van der Waals surface area (Å²) >= 11 is 0. The van der Waals surface area contributed by atoms with Crippen LogP contribution >= 0.6 is 0 Å². The summed E-state index contributed by atoms with van der Waals surface area (Å²) in [7, 11) is 0. The molecule has 2 aromatic rings. The van der Waals surface area contributed by atoms with Gasteiger partial charge in [0.15, 0.2) is 5.65 Å². The fourth-order valence-corrected chi connectivity index (χ4v) is 3.22. The van der Waals surface area contributed by atoms with Crippen molar-refractivity contribution >= 4 is 22.9 Å². The van der Waals surface area contributed by atoms with Crippen molar-refractivity contribution in [2.24, 2.45) is 5.92 Å². The molecule has 7 nitrogen and oxygen atoms in total. The van der Waals surface area contributed by atoms with Crippen LogP contribution in [0.5, 0.6) is 0 Å². The van der Waals surface area contributed by atoms with Gasteiger partial charge in [0.25, 0.3) is 5.91 Å². The van der Waals surface area contributed by atoms with E-state index in [1.165, 1.54) is 0 Å². The summed E-state index contributed by atoms with van der Waals surface area (Å²) in [6.45, 7) is 9.15. The average molecular weight is 372 g/mol. The summed E-state index contributed by atoms with van der Waals surface area (Å²) < 4.78 is 6.85. The Balaban J connectivity index is 1.89. The number of hydrogen-bond acceptors (Lipinski definition) is 5. The van der Waals surface area contributed by atoms with E-state index in [-0.39, 0.29) is 24.3 Å². The van der Waals surface area contributed by atoms with Crippen LogP contribution in [0, 0.1) is 12.8 Å². The van der Waals surface area contributed by atoms with E-state index in [0.717, 1.165) is 29.6 Å². The van der Waals surface area contributed by atoms with Gasteiger partial charge >= 0.3 is 5.97 Å². The van der Waals surface area contributed by atoms with Crippen molar-refractivity contribution in [1.82, 2.24) is 19.7 Å². The molecule has 1 amide bonds. The monoisotopic (exact) mass is 372 g/mol. The summed E-state index contributed by atoms with van der Waals surface area (Å²) in [4.78, 5) is 31.5. The molecule has 0 aliphatic heterocycles. The molecule has 0 atom stereocenters. The van der Waals surface area contributed by atoms with E-state index in [0.29, 0.717) is 31.2 Å². The highest BCUT2D eigenvalue weighted by atomic mass is 16.5. The lowest BCUT2D eigenvalue weighted by molar-refractivity contribution is -0.143. The van der Waals surface area contributed by atoms with E-state index < -0.39 is 0 Å². The number of pyridine rings is 1. The summed E-state index contributed by atoms with van der Waals surface area (Å²) in [5.41, 5.74) is 2.11. The quantitative estimate of drug-likeness (QED) is 0.665.